The second kappa shape index (κ2) is 32.0. The van der Waals surface area contributed by atoms with Gasteiger partial charge in [0.15, 0.2) is 0 Å². The minimum Gasteiger partial charge on any atom is -0.457 e. The molecule has 0 saturated heterocycles. The second-order valence-electron chi connectivity index (χ2n) is 23.9. The fraction of sp³-hybridized carbons (Fsp3) is 0.432. The summed E-state index contributed by atoms with van der Waals surface area (Å²) in [7, 11) is 0. The number of hydrogen-bond acceptors (Lipinski definition) is 1. The molecule has 0 bridgehead atoms. The number of ether oxygens (including phenoxy) is 1. The SMILES string of the molecule is CC(C)c1ccc(C(C)C)cc1.CC(C)c1ccc(Cc2ccc(C(C)C)cc2)cc1.CC(C)c1ccc(Oc2ccc(C(C)C)cc2)cc1.CC(C)c1cccc(C(C)C)c1.Cc1ccc(C(C)C)cc1C(C)C. The van der Waals surface area contributed by atoms with E-state index in [-0.39, 0.29) is 0 Å². The van der Waals surface area contributed by atoms with Crippen LogP contribution in [0.5, 0.6) is 11.5 Å². The third kappa shape index (κ3) is 22.6. The van der Waals surface area contributed by atoms with Crippen LogP contribution in [0, 0.1) is 6.92 Å². The third-order valence-electron chi connectivity index (χ3n) is 14.1. The lowest BCUT2D eigenvalue weighted by atomic mass is 9.92. The molecule has 0 heterocycles. The van der Waals surface area contributed by atoms with Gasteiger partial charge >= 0.3 is 0 Å². The minimum atomic E-state index is 0.555. The van der Waals surface area contributed by atoms with E-state index in [1.165, 1.54) is 72.3 Å². The summed E-state index contributed by atoms with van der Waals surface area (Å²) in [6.07, 6.45) is 1.02. The van der Waals surface area contributed by atoms with Crippen molar-refractivity contribution in [3.05, 3.63) is 236 Å². The van der Waals surface area contributed by atoms with Crippen LogP contribution in [0.4, 0.5) is 0 Å². The van der Waals surface area contributed by atoms with E-state index in [1.54, 1.807) is 0 Å². The Morgan fingerprint density at radius 1 is 0.253 bits per heavy atom. The van der Waals surface area contributed by atoms with Crippen molar-refractivity contribution in [3.63, 3.8) is 0 Å². The number of benzene rings is 7. The average molecular weight is 1010 g/mol. The van der Waals surface area contributed by atoms with Gasteiger partial charge in [-0.15, -0.1) is 0 Å². The highest BCUT2D eigenvalue weighted by Gasteiger charge is 2.08. The predicted molar refractivity (Wildman–Crippen MR) is 334 cm³/mol. The Morgan fingerprint density at radius 3 is 0.760 bits per heavy atom. The van der Waals surface area contributed by atoms with E-state index in [0.717, 1.165) is 17.9 Å². The van der Waals surface area contributed by atoms with Crippen LogP contribution in [0.3, 0.4) is 0 Å². The first-order valence-electron chi connectivity index (χ1n) is 28.7. The molecule has 0 radical (unpaired) electrons. The van der Waals surface area contributed by atoms with Gasteiger partial charge in [-0.05, 0) is 169 Å². The fourth-order valence-electron chi connectivity index (χ4n) is 8.44. The van der Waals surface area contributed by atoms with Gasteiger partial charge in [-0.3, -0.25) is 0 Å². The first-order valence-corrected chi connectivity index (χ1v) is 28.7. The predicted octanol–water partition coefficient (Wildman–Crippen LogP) is 23.4. The molecule has 0 aromatic heterocycles. The number of rotatable bonds is 14. The van der Waals surface area contributed by atoms with Gasteiger partial charge in [0.25, 0.3) is 0 Å². The molecule has 0 aliphatic rings. The van der Waals surface area contributed by atoms with Gasteiger partial charge < -0.3 is 4.74 Å². The molecule has 1 heteroatoms. The summed E-state index contributed by atoms with van der Waals surface area (Å²) in [6.45, 7) is 46.8. The van der Waals surface area contributed by atoms with Gasteiger partial charge in [0.05, 0.1) is 0 Å². The minimum absolute atomic E-state index is 0.555. The zero-order valence-corrected chi connectivity index (χ0v) is 51.0. The van der Waals surface area contributed by atoms with Crippen molar-refractivity contribution in [3.8, 4) is 11.5 Å². The highest BCUT2D eigenvalue weighted by atomic mass is 16.5. The van der Waals surface area contributed by atoms with E-state index in [9.17, 15) is 0 Å². The smallest absolute Gasteiger partial charge is 0.127 e. The van der Waals surface area contributed by atoms with Crippen molar-refractivity contribution in [1.29, 1.82) is 0 Å². The molecular weight excluding hydrogens is 905 g/mol. The largest absolute Gasteiger partial charge is 0.457 e. The molecular formula is C74H102O. The summed E-state index contributed by atoms with van der Waals surface area (Å²) in [6, 6.07) is 59.3. The lowest BCUT2D eigenvalue weighted by Gasteiger charge is -2.13. The molecule has 0 atom stereocenters. The molecule has 0 amide bonds. The van der Waals surface area contributed by atoms with Crippen LogP contribution in [0.2, 0.25) is 0 Å². The monoisotopic (exact) mass is 1010 g/mol. The maximum atomic E-state index is 5.85. The molecule has 0 aliphatic heterocycles. The zero-order valence-electron chi connectivity index (χ0n) is 51.0. The summed E-state index contributed by atoms with van der Waals surface area (Å²) in [5.41, 5.74) is 18.4. The van der Waals surface area contributed by atoms with Crippen molar-refractivity contribution in [2.75, 3.05) is 0 Å². The lowest BCUT2D eigenvalue weighted by molar-refractivity contribution is 0.482. The van der Waals surface area contributed by atoms with Gasteiger partial charge in [0, 0.05) is 0 Å². The molecule has 7 aromatic rings. The first kappa shape index (κ1) is 63.6. The maximum absolute atomic E-state index is 5.85. The molecule has 0 spiro atoms. The highest BCUT2D eigenvalue weighted by molar-refractivity contribution is 5.37. The van der Waals surface area contributed by atoms with Gasteiger partial charge in [0.1, 0.15) is 11.5 Å². The van der Waals surface area contributed by atoms with Gasteiger partial charge in [-0.1, -0.05) is 278 Å². The van der Waals surface area contributed by atoms with Gasteiger partial charge in [-0.2, -0.15) is 0 Å². The second-order valence-corrected chi connectivity index (χ2v) is 23.9. The summed E-state index contributed by atoms with van der Waals surface area (Å²) in [4.78, 5) is 0. The van der Waals surface area contributed by atoms with E-state index in [2.05, 4.69) is 285 Å². The molecule has 7 rings (SSSR count). The maximum Gasteiger partial charge on any atom is 0.127 e. The Morgan fingerprint density at radius 2 is 0.493 bits per heavy atom. The van der Waals surface area contributed by atoms with Crippen LogP contribution >= 0.6 is 0 Å². The average Bonchev–Trinajstić information content (AvgIpc) is 3.37. The Bertz CT molecular complexity index is 2360. The molecule has 1 nitrogen and oxygen atoms in total. The first-order chi connectivity index (χ1) is 35.4. The topological polar surface area (TPSA) is 9.23 Å². The normalized spacial score (nSPS) is 11.2. The lowest BCUT2D eigenvalue weighted by Crippen LogP contribution is -1.95. The molecule has 0 saturated carbocycles. The fourth-order valence-corrected chi connectivity index (χ4v) is 8.44. The van der Waals surface area contributed by atoms with Crippen molar-refractivity contribution in [2.24, 2.45) is 0 Å². The van der Waals surface area contributed by atoms with Crippen molar-refractivity contribution >= 4 is 0 Å². The van der Waals surface area contributed by atoms with Gasteiger partial charge in [-0.25, -0.2) is 0 Å². The standard InChI is InChI=1S/C19H24.C18H22O.C13H20.2C12H18/c1-14(2)18-9-5-16(6-10-18)13-17-7-11-19(12-8-17)15(3)4;1-13(2)15-5-9-17(10-6-15)19-18-11-7-16(8-12-18)14(3)4;1-9(2)12-7-6-11(5)13(8-12)10(3)4;1-9(2)11-5-7-12(8-6-11)10(3)4;1-9(2)11-6-5-7-12(8-11)10(3)4/h5-12,14-15H,13H2,1-4H3;5-14H,1-4H3;6-10H,1-5H3;2*5-10H,1-4H3. The van der Waals surface area contributed by atoms with E-state index in [1.807, 2.05) is 24.3 Å². The molecule has 7 aromatic carbocycles. The van der Waals surface area contributed by atoms with Crippen molar-refractivity contribution in [2.45, 2.75) is 211 Å². The van der Waals surface area contributed by atoms with Crippen LogP contribution < -0.4 is 4.74 Å². The molecule has 0 unspecified atom stereocenters. The Hall–Kier alpha value is -5.66. The Labute approximate surface area is 461 Å². The number of aryl methyl sites for hydroxylation is 1. The van der Waals surface area contributed by atoms with Crippen LogP contribution in [0.1, 0.15) is 270 Å². The molecule has 0 fully saturated rings. The summed E-state index contributed by atoms with van der Waals surface area (Å²) in [5.74, 6) is 7.96. The molecule has 404 valence electrons. The highest BCUT2D eigenvalue weighted by Crippen LogP contribution is 2.28. The van der Waals surface area contributed by atoms with E-state index in [4.69, 9.17) is 4.74 Å². The van der Waals surface area contributed by atoms with Crippen molar-refractivity contribution in [1.82, 2.24) is 0 Å². The van der Waals surface area contributed by atoms with Crippen LogP contribution in [-0.4, -0.2) is 0 Å². The quantitative estimate of drug-likeness (QED) is 0.105. The molecule has 0 aliphatic carbocycles. The summed E-state index contributed by atoms with van der Waals surface area (Å²) in [5, 5.41) is 0. The van der Waals surface area contributed by atoms with Crippen LogP contribution in [0.15, 0.2) is 164 Å². The van der Waals surface area contributed by atoms with E-state index in [0.29, 0.717) is 59.2 Å². The summed E-state index contributed by atoms with van der Waals surface area (Å²) < 4.78 is 5.85. The number of hydrogen-bond donors (Lipinski definition) is 0. The molecule has 75 heavy (non-hydrogen) atoms. The van der Waals surface area contributed by atoms with E-state index >= 15 is 0 Å². The van der Waals surface area contributed by atoms with Gasteiger partial charge in [0.2, 0.25) is 0 Å². The zero-order chi connectivity index (χ0) is 55.9. The third-order valence-corrected chi connectivity index (χ3v) is 14.1. The van der Waals surface area contributed by atoms with Crippen LogP contribution in [0.25, 0.3) is 0 Å². The molecule has 0 N–H and O–H groups in total. The van der Waals surface area contributed by atoms with E-state index < -0.39 is 0 Å². The van der Waals surface area contributed by atoms with Crippen molar-refractivity contribution < 1.29 is 4.74 Å². The Kier molecular flexibility index (Phi) is 27.2. The Balaban J connectivity index is 0.000000251. The van der Waals surface area contributed by atoms with Crippen LogP contribution in [-0.2, 0) is 6.42 Å². The summed E-state index contributed by atoms with van der Waals surface area (Å²) >= 11 is 0.